The van der Waals surface area contributed by atoms with E-state index in [0.29, 0.717) is 11.6 Å². The van der Waals surface area contributed by atoms with E-state index in [0.717, 1.165) is 12.5 Å². The predicted molar refractivity (Wildman–Crippen MR) is 73.1 cm³/mol. The van der Waals surface area contributed by atoms with Crippen LogP contribution >= 0.6 is 0 Å². The van der Waals surface area contributed by atoms with Crippen molar-refractivity contribution >= 4 is 0 Å². The number of likely N-dealkylation sites (N-methyl/N-ethyl adjacent to an activating group) is 1. The molecule has 3 nitrogen and oxygen atoms in total. The van der Waals surface area contributed by atoms with Crippen LogP contribution in [0.4, 0.5) is 0 Å². The molecule has 1 aliphatic heterocycles. The van der Waals surface area contributed by atoms with Crippen LogP contribution < -0.4 is 5.73 Å². The average Bonchev–Trinajstić information content (AvgIpc) is 2.34. The monoisotopic (exact) mass is 239 g/mol. The Morgan fingerprint density at radius 2 is 1.82 bits per heavy atom. The zero-order valence-corrected chi connectivity index (χ0v) is 11.8. The van der Waals surface area contributed by atoms with Gasteiger partial charge >= 0.3 is 0 Å². The third kappa shape index (κ3) is 2.67. The van der Waals surface area contributed by atoms with Gasteiger partial charge in [-0.05, 0) is 45.6 Å². The standard InChI is InChI=1S/C14H29N3/c1-12-4-6-14(11-15,7-5-12)17-9-8-16(3)13(2)10-17/h12-13H,4-11,15H2,1-3H3. The highest BCUT2D eigenvalue weighted by atomic mass is 15.3. The van der Waals surface area contributed by atoms with Gasteiger partial charge in [0.05, 0.1) is 0 Å². The Kier molecular flexibility index (Phi) is 4.11. The highest BCUT2D eigenvalue weighted by Gasteiger charge is 2.40. The van der Waals surface area contributed by atoms with Crippen molar-refractivity contribution in [3.8, 4) is 0 Å². The maximum atomic E-state index is 6.14. The summed E-state index contributed by atoms with van der Waals surface area (Å²) in [6.45, 7) is 9.15. The smallest absolute Gasteiger partial charge is 0.0333 e. The van der Waals surface area contributed by atoms with Crippen LogP contribution in [0.5, 0.6) is 0 Å². The number of nitrogens with zero attached hydrogens (tertiary/aromatic N) is 2. The quantitative estimate of drug-likeness (QED) is 0.793. The van der Waals surface area contributed by atoms with Crippen molar-refractivity contribution in [3.05, 3.63) is 0 Å². The maximum Gasteiger partial charge on any atom is 0.0333 e. The number of hydrogen-bond acceptors (Lipinski definition) is 3. The van der Waals surface area contributed by atoms with Crippen LogP contribution in [0.2, 0.25) is 0 Å². The van der Waals surface area contributed by atoms with E-state index in [2.05, 4.69) is 30.7 Å². The van der Waals surface area contributed by atoms with Crippen molar-refractivity contribution in [2.75, 3.05) is 33.2 Å². The van der Waals surface area contributed by atoms with Crippen molar-refractivity contribution in [3.63, 3.8) is 0 Å². The van der Waals surface area contributed by atoms with Gasteiger partial charge in [-0.25, -0.2) is 0 Å². The van der Waals surface area contributed by atoms with Gasteiger partial charge in [0.1, 0.15) is 0 Å². The molecular formula is C14H29N3. The first-order chi connectivity index (χ1) is 8.07. The molecule has 2 rings (SSSR count). The first-order valence-electron chi connectivity index (χ1n) is 7.23. The molecule has 2 aliphatic rings. The first kappa shape index (κ1) is 13.3. The molecular weight excluding hydrogens is 210 g/mol. The second-order valence-corrected chi connectivity index (χ2v) is 6.39. The summed E-state index contributed by atoms with van der Waals surface area (Å²) in [6, 6.07) is 0.673. The lowest BCUT2D eigenvalue weighted by molar-refractivity contribution is -0.00887. The molecule has 0 radical (unpaired) electrons. The number of rotatable bonds is 2. The maximum absolute atomic E-state index is 6.14. The normalized spacial score (nSPS) is 41.6. The Bertz CT molecular complexity index is 246. The second kappa shape index (κ2) is 5.25. The number of hydrogen-bond donors (Lipinski definition) is 1. The fourth-order valence-electron chi connectivity index (χ4n) is 3.43. The zero-order valence-electron chi connectivity index (χ0n) is 11.8. The summed E-state index contributed by atoms with van der Waals surface area (Å²) < 4.78 is 0. The van der Waals surface area contributed by atoms with Crippen LogP contribution in [0.15, 0.2) is 0 Å². The van der Waals surface area contributed by atoms with Crippen molar-refractivity contribution in [1.29, 1.82) is 0 Å². The lowest BCUT2D eigenvalue weighted by Gasteiger charge is -2.51. The average molecular weight is 239 g/mol. The van der Waals surface area contributed by atoms with E-state index in [-0.39, 0.29) is 0 Å². The Balaban J connectivity index is 2.03. The van der Waals surface area contributed by atoms with E-state index in [9.17, 15) is 0 Å². The SMILES string of the molecule is CC1CCC(CN)(N2CCN(C)C(C)C2)CC1. The molecule has 1 saturated heterocycles. The van der Waals surface area contributed by atoms with Gasteiger partial charge in [0.15, 0.2) is 0 Å². The molecule has 1 atom stereocenters. The molecule has 0 aromatic heterocycles. The van der Waals surface area contributed by atoms with E-state index >= 15 is 0 Å². The van der Waals surface area contributed by atoms with E-state index in [1.54, 1.807) is 0 Å². The van der Waals surface area contributed by atoms with E-state index < -0.39 is 0 Å². The third-order valence-corrected chi connectivity index (χ3v) is 5.22. The van der Waals surface area contributed by atoms with Gasteiger partial charge < -0.3 is 10.6 Å². The summed E-state index contributed by atoms with van der Waals surface area (Å²) in [5, 5.41) is 0. The fraction of sp³-hybridized carbons (Fsp3) is 1.00. The summed E-state index contributed by atoms with van der Waals surface area (Å²) in [5.74, 6) is 0.902. The molecule has 0 bridgehead atoms. The Morgan fingerprint density at radius 3 is 2.35 bits per heavy atom. The third-order valence-electron chi connectivity index (χ3n) is 5.22. The van der Waals surface area contributed by atoms with Gasteiger partial charge in [0.25, 0.3) is 0 Å². The topological polar surface area (TPSA) is 32.5 Å². The molecule has 0 aromatic rings. The van der Waals surface area contributed by atoms with Crippen molar-refractivity contribution in [2.24, 2.45) is 11.7 Å². The molecule has 3 heteroatoms. The van der Waals surface area contributed by atoms with Crippen LogP contribution in [0.3, 0.4) is 0 Å². The highest BCUT2D eigenvalue weighted by Crippen LogP contribution is 2.36. The lowest BCUT2D eigenvalue weighted by atomic mass is 9.75. The van der Waals surface area contributed by atoms with Gasteiger partial charge in [0.2, 0.25) is 0 Å². The molecule has 1 aliphatic carbocycles. The number of piperazine rings is 1. The minimum atomic E-state index is 0.321. The first-order valence-corrected chi connectivity index (χ1v) is 7.23. The molecule has 1 heterocycles. The van der Waals surface area contributed by atoms with Gasteiger partial charge in [-0.1, -0.05) is 6.92 Å². The van der Waals surface area contributed by atoms with Crippen LogP contribution in [0.1, 0.15) is 39.5 Å². The van der Waals surface area contributed by atoms with Crippen LogP contribution in [0, 0.1) is 5.92 Å². The summed E-state index contributed by atoms with van der Waals surface area (Å²) >= 11 is 0. The van der Waals surface area contributed by atoms with Crippen molar-refractivity contribution in [1.82, 2.24) is 9.80 Å². The van der Waals surface area contributed by atoms with Gasteiger partial charge in [-0.2, -0.15) is 0 Å². The van der Waals surface area contributed by atoms with Crippen molar-refractivity contribution in [2.45, 2.75) is 51.1 Å². The molecule has 2 fully saturated rings. The van der Waals surface area contributed by atoms with Crippen LogP contribution in [0.25, 0.3) is 0 Å². The molecule has 100 valence electrons. The molecule has 0 aromatic carbocycles. The molecule has 17 heavy (non-hydrogen) atoms. The lowest BCUT2D eigenvalue weighted by Crippen LogP contribution is -2.62. The molecule has 0 spiro atoms. The largest absolute Gasteiger partial charge is 0.329 e. The fourth-order valence-corrected chi connectivity index (χ4v) is 3.43. The van der Waals surface area contributed by atoms with Crippen LogP contribution in [-0.2, 0) is 0 Å². The molecule has 1 saturated carbocycles. The van der Waals surface area contributed by atoms with Crippen molar-refractivity contribution < 1.29 is 0 Å². The minimum Gasteiger partial charge on any atom is -0.329 e. The van der Waals surface area contributed by atoms with E-state index in [1.165, 1.54) is 45.3 Å². The van der Waals surface area contributed by atoms with Gasteiger partial charge in [-0.15, -0.1) is 0 Å². The van der Waals surface area contributed by atoms with Gasteiger partial charge in [-0.3, -0.25) is 4.90 Å². The van der Waals surface area contributed by atoms with E-state index in [4.69, 9.17) is 5.73 Å². The van der Waals surface area contributed by atoms with Gasteiger partial charge in [0, 0.05) is 37.8 Å². The Hall–Kier alpha value is -0.120. The second-order valence-electron chi connectivity index (χ2n) is 6.39. The Morgan fingerprint density at radius 1 is 1.18 bits per heavy atom. The summed E-state index contributed by atoms with van der Waals surface area (Å²) in [4.78, 5) is 5.16. The molecule has 1 unspecified atom stereocenters. The summed E-state index contributed by atoms with van der Waals surface area (Å²) in [7, 11) is 2.24. The number of nitrogens with two attached hydrogens (primary N) is 1. The summed E-state index contributed by atoms with van der Waals surface area (Å²) in [5.41, 5.74) is 6.46. The van der Waals surface area contributed by atoms with E-state index in [1.807, 2.05) is 0 Å². The zero-order chi connectivity index (χ0) is 12.5. The predicted octanol–water partition coefficient (Wildman–Crippen LogP) is 1.53. The molecule has 2 N–H and O–H groups in total. The van der Waals surface area contributed by atoms with Crippen LogP contribution in [-0.4, -0.2) is 54.6 Å². The minimum absolute atomic E-state index is 0.321. The Labute approximate surface area is 106 Å². The summed E-state index contributed by atoms with van der Waals surface area (Å²) in [6.07, 6.45) is 5.33. The highest BCUT2D eigenvalue weighted by molar-refractivity contribution is 4.98. The molecule has 0 amide bonds.